The van der Waals surface area contributed by atoms with Crippen LogP contribution in [0.15, 0.2) is 35.4 Å². The van der Waals surface area contributed by atoms with Crippen LogP contribution in [-0.2, 0) is 4.79 Å². The van der Waals surface area contributed by atoms with Gasteiger partial charge in [0.1, 0.15) is 5.75 Å². The number of carbonyl (C=O) groups is 1. The topological polar surface area (TPSA) is 123 Å². The van der Waals surface area contributed by atoms with Crippen molar-refractivity contribution < 1.29 is 24.3 Å². The van der Waals surface area contributed by atoms with Gasteiger partial charge in [-0.1, -0.05) is 12.1 Å². The number of nitro groups is 1. The van der Waals surface area contributed by atoms with Crippen LogP contribution in [0.3, 0.4) is 0 Å². The Balaban J connectivity index is 2.00. The van der Waals surface area contributed by atoms with Crippen molar-refractivity contribution in [2.75, 3.05) is 13.7 Å². The third-order valence-corrected chi connectivity index (χ3v) is 3.81. The summed E-state index contributed by atoms with van der Waals surface area (Å²) in [6.07, 6.45) is 1.20. The number of nitro benzene ring substituents is 1. The molecule has 1 amide bonds. The Bertz CT molecular complexity index is 895. The van der Waals surface area contributed by atoms with Gasteiger partial charge in [0.15, 0.2) is 12.4 Å². The Morgan fingerprint density at radius 2 is 2.07 bits per heavy atom. The molecule has 2 rings (SSSR count). The average Bonchev–Trinajstić information content (AvgIpc) is 2.63. The smallest absolute Gasteiger partial charge is 0.315 e. The van der Waals surface area contributed by atoms with Gasteiger partial charge >= 0.3 is 5.69 Å². The third-order valence-electron chi connectivity index (χ3n) is 3.81. The quantitative estimate of drug-likeness (QED) is 0.436. The minimum Gasteiger partial charge on any atom is -0.500 e. The minimum atomic E-state index is -0.744. The molecule has 0 unspecified atom stereocenters. The average molecular weight is 373 g/mol. The van der Waals surface area contributed by atoms with E-state index in [1.165, 1.54) is 19.4 Å². The van der Waals surface area contributed by atoms with E-state index in [1.54, 1.807) is 6.07 Å². The lowest BCUT2D eigenvalue weighted by Gasteiger charge is -2.09. The Labute approximate surface area is 155 Å². The van der Waals surface area contributed by atoms with Crippen molar-refractivity contribution in [2.45, 2.75) is 13.8 Å². The molecule has 9 nitrogen and oxygen atoms in total. The third kappa shape index (κ3) is 4.94. The number of methoxy groups -OCH3 is 1. The molecular formula is C18H19N3O6. The molecule has 0 saturated carbocycles. The van der Waals surface area contributed by atoms with Gasteiger partial charge in [-0.05, 0) is 37.1 Å². The number of ether oxygens (including phenoxy) is 2. The predicted molar refractivity (Wildman–Crippen MR) is 98.5 cm³/mol. The van der Waals surface area contributed by atoms with Crippen molar-refractivity contribution in [3.8, 4) is 17.2 Å². The largest absolute Gasteiger partial charge is 0.500 e. The number of rotatable bonds is 7. The molecule has 2 aromatic carbocycles. The van der Waals surface area contributed by atoms with Gasteiger partial charge in [-0.25, -0.2) is 5.43 Å². The molecule has 0 fully saturated rings. The molecule has 0 spiro atoms. The van der Waals surface area contributed by atoms with E-state index in [1.807, 2.05) is 26.0 Å². The van der Waals surface area contributed by atoms with Gasteiger partial charge in [0.2, 0.25) is 5.75 Å². The second kappa shape index (κ2) is 8.65. The van der Waals surface area contributed by atoms with Gasteiger partial charge in [0, 0.05) is 11.6 Å². The number of nitrogens with one attached hydrogen (secondary N) is 1. The molecule has 0 aromatic heterocycles. The van der Waals surface area contributed by atoms with Gasteiger partial charge < -0.3 is 14.6 Å². The van der Waals surface area contributed by atoms with E-state index < -0.39 is 22.3 Å². The van der Waals surface area contributed by atoms with Crippen LogP contribution in [0.5, 0.6) is 17.2 Å². The Hall–Kier alpha value is -3.62. The van der Waals surface area contributed by atoms with Crippen LogP contribution in [0.1, 0.15) is 16.7 Å². The second-order valence-corrected chi connectivity index (χ2v) is 5.63. The summed E-state index contributed by atoms with van der Waals surface area (Å²) in [5.74, 6) is -0.540. The summed E-state index contributed by atoms with van der Waals surface area (Å²) < 4.78 is 10.3. The van der Waals surface area contributed by atoms with Crippen molar-refractivity contribution >= 4 is 17.8 Å². The first-order valence-corrected chi connectivity index (χ1v) is 7.89. The molecule has 0 saturated heterocycles. The molecule has 0 aliphatic rings. The second-order valence-electron chi connectivity index (χ2n) is 5.63. The van der Waals surface area contributed by atoms with Crippen LogP contribution in [0.2, 0.25) is 0 Å². The van der Waals surface area contributed by atoms with Crippen LogP contribution in [0.4, 0.5) is 5.69 Å². The van der Waals surface area contributed by atoms with Crippen LogP contribution < -0.4 is 14.9 Å². The van der Waals surface area contributed by atoms with E-state index in [2.05, 4.69) is 10.5 Å². The normalized spacial score (nSPS) is 10.6. The van der Waals surface area contributed by atoms with E-state index in [0.29, 0.717) is 5.75 Å². The first kappa shape index (κ1) is 19.7. The number of aromatic hydroxyl groups is 1. The predicted octanol–water partition coefficient (Wildman–Crippen LogP) is 2.45. The van der Waals surface area contributed by atoms with Crippen LogP contribution >= 0.6 is 0 Å². The summed E-state index contributed by atoms with van der Waals surface area (Å²) >= 11 is 0. The van der Waals surface area contributed by atoms with Gasteiger partial charge in [-0.2, -0.15) is 5.10 Å². The highest BCUT2D eigenvalue weighted by Gasteiger charge is 2.19. The van der Waals surface area contributed by atoms with Gasteiger partial charge in [-0.15, -0.1) is 0 Å². The minimum absolute atomic E-state index is 0.0739. The van der Waals surface area contributed by atoms with Crippen LogP contribution in [-0.4, -0.2) is 35.9 Å². The van der Waals surface area contributed by atoms with Gasteiger partial charge in [0.25, 0.3) is 5.91 Å². The SMILES string of the molecule is COc1cc(C=NNC(=O)COc2cccc(C)c2C)cc([N+](=O)[O-])c1O. The lowest BCUT2D eigenvalue weighted by atomic mass is 10.1. The maximum Gasteiger partial charge on any atom is 0.315 e. The number of amides is 1. The zero-order chi connectivity index (χ0) is 20.0. The standard InChI is InChI=1S/C18H19N3O6/c1-11-5-4-6-15(12(11)2)27-10-17(22)20-19-9-13-7-14(21(24)25)18(23)16(8-13)26-3/h4-9,23H,10H2,1-3H3,(H,20,22). The fourth-order valence-electron chi connectivity index (χ4n) is 2.22. The first-order valence-electron chi connectivity index (χ1n) is 7.89. The number of benzene rings is 2. The molecule has 2 aromatic rings. The summed E-state index contributed by atoms with van der Waals surface area (Å²) in [6, 6.07) is 8.00. The van der Waals surface area contributed by atoms with Crippen molar-refractivity contribution in [1.82, 2.24) is 5.43 Å². The molecule has 0 aliphatic heterocycles. The van der Waals surface area contributed by atoms with Gasteiger partial charge in [0.05, 0.1) is 18.2 Å². The molecule has 0 radical (unpaired) electrons. The number of carbonyl (C=O) groups excluding carboxylic acids is 1. The monoisotopic (exact) mass is 373 g/mol. The van der Waals surface area contributed by atoms with E-state index in [-0.39, 0.29) is 17.9 Å². The van der Waals surface area contributed by atoms with Gasteiger partial charge in [-0.3, -0.25) is 14.9 Å². The zero-order valence-electron chi connectivity index (χ0n) is 15.1. The summed E-state index contributed by atoms with van der Waals surface area (Å²) in [4.78, 5) is 22.0. The van der Waals surface area contributed by atoms with E-state index >= 15 is 0 Å². The van der Waals surface area contributed by atoms with Crippen molar-refractivity contribution in [3.63, 3.8) is 0 Å². The molecule has 0 heterocycles. The first-order chi connectivity index (χ1) is 12.8. The maximum atomic E-state index is 11.8. The molecule has 0 bridgehead atoms. The Morgan fingerprint density at radius 3 is 2.74 bits per heavy atom. The highest BCUT2D eigenvalue weighted by molar-refractivity contribution is 5.85. The maximum absolute atomic E-state index is 11.8. The van der Waals surface area contributed by atoms with Crippen molar-refractivity contribution in [1.29, 1.82) is 0 Å². The highest BCUT2D eigenvalue weighted by atomic mass is 16.6. The molecule has 0 aliphatic carbocycles. The number of hydrogen-bond donors (Lipinski definition) is 2. The molecule has 0 atom stereocenters. The molecular weight excluding hydrogens is 354 g/mol. The van der Waals surface area contributed by atoms with Crippen molar-refractivity contribution in [2.24, 2.45) is 5.10 Å². The Kier molecular flexibility index (Phi) is 6.32. The van der Waals surface area contributed by atoms with E-state index in [9.17, 15) is 20.0 Å². The highest BCUT2D eigenvalue weighted by Crippen LogP contribution is 2.36. The number of hydrogen-bond acceptors (Lipinski definition) is 7. The Morgan fingerprint density at radius 1 is 1.33 bits per heavy atom. The lowest BCUT2D eigenvalue weighted by Crippen LogP contribution is -2.24. The number of aryl methyl sites for hydroxylation is 1. The zero-order valence-corrected chi connectivity index (χ0v) is 15.1. The number of phenolic OH excluding ortho intramolecular Hbond substituents is 1. The number of hydrazone groups is 1. The lowest BCUT2D eigenvalue weighted by molar-refractivity contribution is -0.386. The summed E-state index contributed by atoms with van der Waals surface area (Å²) in [5, 5.41) is 24.4. The van der Waals surface area contributed by atoms with Crippen LogP contribution in [0.25, 0.3) is 0 Å². The van der Waals surface area contributed by atoms with Crippen LogP contribution in [0, 0.1) is 24.0 Å². The van der Waals surface area contributed by atoms with E-state index in [4.69, 9.17) is 9.47 Å². The molecule has 9 heteroatoms. The molecule has 2 N–H and O–H groups in total. The van der Waals surface area contributed by atoms with Crippen molar-refractivity contribution in [3.05, 3.63) is 57.1 Å². The fraction of sp³-hybridized carbons (Fsp3) is 0.222. The molecule has 27 heavy (non-hydrogen) atoms. The number of nitrogens with zero attached hydrogens (tertiary/aromatic N) is 2. The fourth-order valence-corrected chi connectivity index (χ4v) is 2.22. The number of phenols is 1. The summed E-state index contributed by atoms with van der Waals surface area (Å²) in [6.45, 7) is 3.60. The summed E-state index contributed by atoms with van der Waals surface area (Å²) in [7, 11) is 1.27. The molecule has 142 valence electrons. The summed E-state index contributed by atoms with van der Waals surface area (Å²) in [5.41, 5.74) is 4.00. The van der Waals surface area contributed by atoms with E-state index in [0.717, 1.165) is 17.2 Å².